The highest BCUT2D eigenvalue weighted by atomic mass is 16.5. The molecule has 0 bridgehead atoms. The summed E-state index contributed by atoms with van der Waals surface area (Å²) in [7, 11) is 1.65. The fraction of sp³-hybridized carbons (Fsp3) is 0.200. The monoisotopic (exact) mass is 320 g/mol. The van der Waals surface area contributed by atoms with Crippen LogP contribution >= 0.6 is 0 Å². The number of ether oxygens (including phenoxy) is 1. The summed E-state index contributed by atoms with van der Waals surface area (Å²) in [6, 6.07) is 11.6. The Bertz CT molecular complexity index is 928. The molecule has 122 valence electrons. The van der Waals surface area contributed by atoms with E-state index in [0.717, 1.165) is 33.5 Å². The fourth-order valence-corrected chi connectivity index (χ4v) is 2.97. The van der Waals surface area contributed by atoms with Gasteiger partial charge in [-0.1, -0.05) is 12.1 Å². The number of benzene rings is 2. The molecule has 0 saturated heterocycles. The highest BCUT2D eigenvalue weighted by molar-refractivity contribution is 6.00. The van der Waals surface area contributed by atoms with Crippen molar-refractivity contribution in [2.45, 2.75) is 20.8 Å². The van der Waals surface area contributed by atoms with Gasteiger partial charge in [0.2, 0.25) is 0 Å². The quantitative estimate of drug-likeness (QED) is 0.675. The fourth-order valence-electron chi connectivity index (χ4n) is 2.97. The van der Waals surface area contributed by atoms with Crippen molar-refractivity contribution in [2.24, 2.45) is 0 Å². The third-order valence-electron chi connectivity index (χ3n) is 4.14. The lowest BCUT2D eigenvalue weighted by atomic mass is 10.0. The number of carbonyl (C=O) groups excluding carboxylic acids is 1. The number of aryl methyl sites for hydroxylation is 3. The van der Waals surface area contributed by atoms with E-state index >= 15 is 0 Å². The maximum Gasteiger partial charge on any atom is 0.256 e. The molecule has 0 spiro atoms. The first kappa shape index (κ1) is 16.0. The van der Waals surface area contributed by atoms with E-state index < -0.39 is 0 Å². The van der Waals surface area contributed by atoms with Crippen molar-refractivity contribution in [1.29, 1.82) is 0 Å². The molecule has 0 amide bonds. The lowest BCUT2D eigenvalue weighted by molar-refractivity contribution is 0.0972. The van der Waals surface area contributed by atoms with Crippen LogP contribution in [0, 0.1) is 20.8 Å². The normalized spacial score (nSPS) is 11.3. The van der Waals surface area contributed by atoms with Crippen LogP contribution in [0.4, 0.5) is 0 Å². The van der Waals surface area contributed by atoms with Crippen LogP contribution in [0.1, 0.15) is 27.3 Å². The van der Waals surface area contributed by atoms with E-state index in [-0.39, 0.29) is 5.91 Å². The van der Waals surface area contributed by atoms with Crippen molar-refractivity contribution in [3.8, 4) is 5.75 Å². The third-order valence-corrected chi connectivity index (χ3v) is 4.14. The Balaban J connectivity index is 1.98. The van der Waals surface area contributed by atoms with Crippen molar-refractivity contribution in [3.63, 3.8) is 0 Å². The van der Waals surface area contributed by atoms with Crippen LogP contribution < -0.4 is 4.74 Å². The van der Waals surface area contributed by atoms with Crippen LogP contribution in [-0.2, 0) is 0 Å². The number of rotatable bonds is 3. The van der Waals surface area contributed by atoms with Crippen LogP contribution in [-0.4, -0.2) is 22.6 Å². The van der Waals surface area contributed by atoms with Gasteiger partial charge in [0.25, 0.3) is 5.91 Å². The van der Waals surface area contributed by atoms with Crippen LogP contribution in [0.3, 0.4) is 0 Å². The number of methoxy groups -OCH3 is 1. The zero-order valence-electron chi connectivity index (χ0n) is 14.3. The molecular formula is C20H20N2O2. The molecule has 4 nitrogen and oxygen atoms in total. The van der Waals surface area contributed by atoms with E-state index in [1.807, 2.05) is 63.2 Å². The minimum Gasteiger partial charge on any atom is -0.497 e. The van der Waals surface area contributed by atoms with Gasteiger partial charge in [0.15, 0.2) is 0 Å². The molecule has 1 heterocycles. The zero-order valence-corrected chi connectivity index (χ0v) is 14.3. The predicted molar refractivity (Wildman–Crippen MR) is 96.6 cm³/mol. The van der Waals surface area contributed by atoms with Gasteiger partial charge >= 0.3 is 0 Å². The smallest absolute Gasteiger partial charge is 0.256 e. The number of hydrogen-bond donors (Lipinski definition) is 0. The van der Waals surface area contributed by atoms with Crippen LogP contribution in [0.2, 0.25) is 0 Å². The molecular weight excluding hydrogens is 300 g/mol. The number of nitrogens with zero attached hydrogens (tertiary/aromatic N) is 2. The first-order valence-electron chi connectivity index (χ1n) is 7.83. The second-order valence-electron chi connectivity index (χ2n) is 5.83. The second-order valence-corrected chi connectivity index (χ2v) is 5.83. The predicted octanol–water partition coefficient (Wildman–Crippen LogP) is 4.32. The molecule has 0 aliphatic heterocycles. The first-order valence-corrected chi connectivity index (χ1v) is 7.83. The Kier molecular flexibility index (Phi) is 4.21. The molecule has 3 rings (SSSR count). The molecule has 2 aromatic carbocycles. The first-order chi connectivity index (χ1) is 11.5. The van der Waals surface area contributed by atoms with Gasteiger partial charge in [0.05, 0.1) is 18.1 Å². The lowest BCUT2D eigenvalue weighted by Crippen LogP contribution is -2.09. The summed E-state index contributed by atoms with van der Waals surface area (Å²) in [5.74, 6) is 1.41. The van der Waals surface area contributed by atoms with Crippen molar-refractivity contribution >= 4 is 23.0 Å². The van der Waals surface area contributed by atoms with Gasteiger partial charge in [0.1, 0.15) is 11.6 Å². The average Bonchev–Trinajstić information content (AvgIpc) is 2.89. The molecule has 0 unspecified atom stereocenters. The van der Waals surface area contributed by atoms with Crippen molar-refractivity contribution in [2.75, 3.05) is 7.11 Å². The Morgan fingerprint density at radius 3 is 2.46 bits per heavy atom. The van der Waals surface area contributed by atoms with Gasteiger partial charge in [-0.15, -0.1) is 0 Å². The van der Waals surface area contributed by atoms with Gasteiger partial charge in [-0.2, -0.15) is 0 Å². The number of carbonyl (C=O) groups is 1. The topological polar surface area (TPSA) is 44.1 Å². The molecule has 0 N–H and O–H groups in total. The number of aromatic nitrogens is 2. The van der Waals surface area contributed by atoms with Gasteiger partial charge in [-0.3, -0.25) is 9.36 Å². The van der Waals surface area contributed by atoms with Gasteiger partial charge in [0, 0.05) is 6.08 Å². The summed E-state index contributed by atoms with van der Waals surface area (Å²) >= 11 is 0. The Hall–Kier alpha value is -2.88. The maximum absolute atomic E-state index is 12.7. The molecule has 0 aliphatic carbocycles. The highest BCUT2D eigenvalue weighted by Gasteiger charge is 2.11. The maximum atomic E-state index is 12.7. The van der Waals surface area contributed by atoms with Gasteiger partial charge in [-0.25, -0.2) is 4.98 Å². The number of allylic oxidation sites excluding steroid dienone is 1. The molecule has 24 heavy (non-hydrogen) atoms. The molecule has 3 aromatic rings. The SMILES string of the molecule is COc1cc(C)c(/C=C/C(=O)n2c(C)nc3ccccc32)c(C)c1. The molecule has 0 radical (unpaired) electrons. The molecule has 0 saturated carbocycles. The minimum absolute atomic E-state index is 0.101. The van der Waals surface area contributed by atoms with E-state index in [4.69, 9.17) is 4.74 Å². The van der Waals surface area contributed by atoms with Crippen molar-refractivity contribution in [3.05, 3.63) is 65.0 Å². The number of hydrogen-bond acceptors (Lipinski definition) is 3. The largest absolute Gasteiger partial charge is 0.497 e. The summed E-state index contributed by atoms with van der Waals surface area (Å²) in [5.41, 5.74) is 4.83. The summed E-state index contributed by atoms with van der Waals surface area (Å²) < 4.78 is 6.91. The van der Waals surface area contributed by atoms with Gasteiger partial charge < -0.3 is 4.74 Å². The summed E-state index contributed by atoms with van der Waals surface area (Å²) in [6.45, 7) is 5.87. The average molecular weight is 320 g/mol. The molecule has 4 heteroatoms. The van der Waals surface area contributed by atoms with Crippen LogP contribution in [0.15, 0.2) is 42.5 Å². The van der Waals surface area contributed by atoms with Crippen molar-refractivity contribution < 1.29 is 9.53 Å². The number of fused-ring (bicyclic) bond motifs is 1. The molecule has 0 fully saturated rings. The third kappa shape index (κ3) is 2.83. The Morgan fingerprint density at radius 1 is 1.12 bits per heavy atom. The molecule has 1 aromatic heterocycles. The zero-order chi connectivity index (χ0) is 17.3. The summed E-state index contributed by atoms with van der Waals surface area (Å²) in [4.78, 5) is 17.1. The van der Waals surface area contributed by atoms with Crippen LogP contribution in [0.25, 0.3) is 17.1 Å². The van der Waals surface area contributed by atoms with Crippen LogP contribution in [0.5, 0.6) is 5.75 Å². The number of imidazole rings is 1. The second kappa shape index (κ2) is 6.32. The van der Waals surface area contributed by atoms with Gasteiger partial charge in [-0.05, 0) is 67.8 Å². The lowest BCUT2D eigenvalue weighted by Gasteiger charge is -2.09. The van der Waals surface area contributed by atoms with E-state index in [0.29, 0.717) is 5.82 Å². The molecule has 0 atom stereocenters. The van der Waals surface area contributed by atoms with E-state index in [9.17, 15) is 4.79 Å². The van der Waals surface area contributed by atoms with E-state index in [2.05, 4.69) is 4.98 Å². The van der Waals surface area contributed by atoms with E-state index in [1.165, 1.54) is 0 Å². The summed E-state index contributed by atoms with van der Waals surface area (Å²) in [5, 5.41) is 0. The Morgan fingerprint density at radius 2 is 1.79 bits per heavy atom. The number of para-hydroxylation sites is 2. The van der Waals surface area contributed by atoms with E-state index in [1.54, 1.807) is 17.8 Å². The Labute approximate surface area is 141 Å². The highest BCUT2D eigenvalue weighted by Crippen LogP contribution is 2.23. The summed E-state index contributed by atoms with van der Waals surface area (Å²) in [6.07, 6.45) is 3.46. The standard InChI is InChI=1S/C20H20N2O2/c1-13-11-16(24-4)12-14(2)17(13)9-10-20(23)22-15(3)21-18-7-5-6-8-19(18)22/h5-12H,1-4H3/b10-9+. The molecule has 0 aliphatic rings. The minimum atomic E-state index is -0.101. The van der Waals surface area contributed by atoms with Crippen molar-refractivity contribution in [1.82, 2.24) is 9.55 Å².